The van der Waals surface area contributed by atoms with E-state index in [1.54, 1.807) is 0 Å². The maximum absolute atomic E-state index is 11.7. The van der Waals surface area contributed by atoms with E-state index in [0.717, 1.165) is 0 Å². The zero-order chi connectivity index (χ0) is 61.2. The molecule has 21 saturated heterocycles. The Morgan fingerprint density at radius 1 is 0.286 bits per heavy atom. The zero-order valence-electron chi connectivity index (χ0n) is 44.8. The number of carbonyl (C=O) groups is 1. The normalized spacial score (nSPS) is 51.7. The molecule has 21 fully saturated rings. The third-order valence-electron chi connectivity index (χ3n) is 15.9. The second-order valence-electron chi connectivity index (χ2n) is 21.5. The van der Waals surface area contributed by atoms with E-state index in [1.165, 1.54) is 6.92 Å². The quantitative estimate of drug-likeness (QED) is 0.0807. The first-order chi connectivity index (χ1) is 40.0. The summed E-state index contributed by atoms with van der Waals surface area (Å²) in [5, 5.41) is 228. The molecule has 0 spiro atoms. The lowest BCUT2D eigenvalue weighted by molar-refractivity contribution is -0.396. The first kappa shape index (κ1) is 68.0. The van der Waals surface area contributed by atoms with Gasteiger partial charge in [-0.1, -0.05) is 0 Å². The Labute approximate surface area is 476 Å². The molecule has 21 aliphatic rings. The number of hydrogen-bond acceptors (Lipinski definition) is 36. The average Bonchev–Trinajstić information content (AvgIpc) is 3.59. The first-order valence-electron chi connectivity index (χ1n) is 27.3. The van der Waals surface area contributed by atoms with Gasteiger partial charge in [0.15, 0.2) is 44.0 Å². The fraction of sp³-hybridized carbons (Fsp3) is 0.979. The Bertz CT molecular complexity index is 2020. The highest BCUT2D eigenvalue weighted by atomic mass is 16.8. The summed E-state index contributed by atoms with van der Waals surface area (Å²) in [6.07, 6.45) is -69.4. The monoisotopic (exact) mass is 1230 g/mol. The summed E-state index contributed by atoms with van der Waals surface area (Å²) in [6, 6.07) is 0. The Kier molecular flexibility index (Phi) is 24.1. The maximum Gasteiger partial charge on any atom is 0.216 e. The molecule has 84 heavy (non-hydrogen) atoms. The van der Waals surface area contributed by atoms with Crippen LogP contribution in [0, 0.1) is 0 Å². The predicted octanol–water partition coefficient (Wildman–Crippen LogP) is -15.1. The summed E-state index contributed by atoms with van der Waals surface area (Å²) in [4.78, 5) is 11.5. The van der Waals surface area contributed by atoms with E-state index in [4.69, 9.17) is 66.3 Å². The van der Waals surface area contributed by atoms with Crippen LogP contribution in [0.15, 0.2) is 0 Å². The molecule has 0 aliphatic carbocycles. The molecule has 37 nitrogen and oxygen atoms in total. The average molecular weight is 1230 g/mol. The van der Waals surface area contributed by atoms with Crippen LogP contribution in [-0.2, 0) is 71.1 Å². The predicted molar refractivity (Wildman–Crippen MR) is 258 cm³/mol. The van der Waals surface area contributed by atoms with Crippen molar-refractivity contribution in [1.29, 1.82) is 0 Å². The number of ether oxygens (including phenoxy) is 14. The van der Waals surface area contributed by atoms with Crippen LogP contribution in [0.1, 0.15) is 13.3 Å². The van der Waals surface area contributed by atoms with E-state index in [2.05, 4.69) is 10.6 Å². The van der Waals surface area contributed by atoms with E-state index in [9.17, 15) is 107 Å². The first-order valence-corrected chi connectivity index (χ1v) is 27.3. The van der Waals surface area contributed by atoms with Crippen molar-refractivity contribution in [2.24, 2.45) is 0 Å². The number of hydrogen-bond donors (Lipinski definition) is 22. The molecule has 488 valence electrons. The van der Waals surface area contributed by atoms with Crippen LogP contribution in [0.2, 0.25) is 0 Å². The van der Waals surface area contributed by atoms with Crippen molar-refractivity contribution in [3.63, 3.8) is 0 Å². The third-order valence-corrected chi connectivity index (χ3v) is 15.9. The minimum atomic E-state index is -2.21. The number of amides is 1. The number of aliphatic hydroxyl groups excluding tert-OH is 20. The van der Waals surface area contributed by atoms with Crippen LogP contribution in [0.3, 0.4) is 0 Å². The molecule has 0 unspecified atom stereocenters. The summed E-state index contributed by atoms with van der Waals surface area (Å²) >= 11 is 0. The molecule has 14 bridgehead atoms. The van der Waals surface area contributed by atoms with E-state index < -0.39 is 255 Å². The van der Waals surface area contributed by atoms with Gasteiger partial charge in [0.25, 0.3) is 0 Å². The van der Waals surface area contributed by atoms with Gasteiger partial charge in [-0.3, -0.25) is 4.79 Å². The SMILES string of the molecule is CC(=O)NCCCNC[C@H]1O[C@@H]2O[C@H]3[C@H](O)[C@@H](O)[C@@H](O[C@H]4[C@H](O)[C@@H](O)[C@@H](O[C@H]5[C@H](O)[C@@H](O)[C@@H](O[C@H]6[C@H](O)[C@@H](O)[C@@H](O[C@H]7[C@H](O)[C@@H](O)[C@@H](O[C@H]8[C@H](O)[C@@H](O)[C@@H](O[C@H]1[C@H](O)[C@H]2O)O[C@@H]8CO)O[C@@H]7CO)O[C@@H]6CO)O[C@@H]5CO)O[C@@H]4CO)O[C@@H]3CO. The molecule has 0 saturated carbocycles. The fourth-order valence-electron chi connectivity index (χ4n) is 11.2. The lowest BCUT2D eigenvalue weighted by atomic mass is 9.95. The Morgan fingerprint density at radius 3 is 0.667 bits per heavy atom. The topological polar surface area (TPSA) is 575 Å². The van der Waals surface area contributed by atoms with Crippen LogP contribution in [-0.4, -0.2) is 382 Å². The van der Waals surface area contributed by atoms with Crippen LogP contribution >= 0.6 is 0 Å². The van der Waals surface area contributed by atoms with Crippen molar-refractivity contribution in [3.8, 4) is 0 Å². The van der Waals surface area contributed by atoms with Crippen molar-refractivity contribution in [2.75, 3.05) is 59.3 Å². The van der Waals surface area contributed by atoms with Gasteiger partial charge in [-0.2, -0.15) is 0 Å². The largest absolute Gasteiger partial charge is 0.394 e. The molecule has 21 rings (SSSR count). The minimum absolute atomic E-state index is 0.169. The minimum Gasteiger partial charge on any atom is -0.394 e. The number of rotatable bonds is 12. The smallest absolute Gasteiger partial charge is 0.216 e. The molecule has 37 heteroatoms. The van der Waals surface area contributed by atoms with Gasteiger partial charge >= 0.3 is 0 Å². The van der Waals surface area contributed by atoms with Gasteiger partial charge in [0, 0.05) is 20.0 Å². The van der Waals surface area contributed by atoms with Crippen molar-refractivity contribution in [3.05, 3.63) is 0 Å². The fourth-order valence-corrected chi connectivity index (χ4v) is 11.2. The number of aliphatic hydroxyl groups is 20. The summed E-state index contributed by atoms with van der Waals surface area (Å²) in [5.74, 6) is -0.315. The van der Waals surface area contributed by atoms with Gasteiger partial charge in [0.1, 0.15) is 171 Å². The van der Waals surface area contributed by atoms with Crippen LogP contribution in [0.5, 0.6) is 0 Å². The summed E-state index contributed by atoms with van der Waals surface area (Å²) < 4.78 is 81.0. The maximum atomic E-state index is 11.7. The van der Waals surface area contributed by atoms with Crippen molar-refractivity contribution < 1.29 is 173 Å². The molecule has 21 heterocycles. The second kappa shape index (κ2) is 29.8. The third kappa shape index (κ3) is 14.3. The highest BCUT2D eigenvalue weighted by molar-refractivity contribution is 5.72. The van der Waals surface area contributed by atoms with Gasteiger partial charge in [-0.25, -0.2) is 0 Å². The van der Waals surface area contributed by atoms with E-state index in [1.807, 2.05) is 0 Å². The Hall–Kier alpha value is -1.93. The molecule has 0 radical (unpaired) electrons. The van der Waals surface area contributed by atoms with Crippen molar-refractivity contribution >= 4 is 5.91 Å². The summed E-state index contributed by atoms with van der Waals surface area (Å²) in [5.41, 5.74) is 0. The van der Waals surface area contributed by atoms with Crippen LogP contribution in [0.25, 0.3) is 0 Å². The Morgan fingerprint density at radius 2 is 0.476 bits per heavy atom. The summed E-state index contributed by atoms with van der Waals surface area (Å²) in [7, 11) is 0. The van der Waals surface area contributed by atoms with E-state index in [-0.39, 0.29) is 25.5 Å². The highest BCUT2D eigenvalue weighted by Crippen LogP contribution is 2.39. The zero-order valence-corrected chi connectivity index (χ0v) is 44.8. The van der Waals surface area contributed by atoms with Gasteiger partial charge in [0.05, 0.1) is 39.6 Å². The molecule has 0 aromatic heterocycles. The van der Waals surface area contributed by atoms with E-state index in [0.29, 0.717) is 6.42 Å². The summed E-state index contributed by atoms with van der Waals surface area (Å²) in [6.45, 7) is -4.88. The van der Waals surface area contributed by atoms with Gasteiger partial charge < -0.3 is 179 Å². The van der Waals surface area contributed by atoms with Gasteiger partial charge in [0.2, 0.25) is 5.91 Å². The standard InChI is InChI=1S/C47H80N2O35/c1-12(56)49-4-2-3-48-5-13-34-20(57)27(64)41(71-13)79-35-14(6-50)73-43(29(66)22(35)59)81-37-16(8-52)75-45(31(68)24(37)61)83-39-18(10-54)77-47(33(70)26(39)63)84-40-19(11-55)76-46(32(69)25(40)62)82-38-17(9-53)74-44(30(67)23(38)60)80-36-15(7-51)72-42(78-34)28(65)21(36)58/h13-48,50-55,57-70H,2-11H2,1H3,(H,49,56)/t13-,14-,15-,16-,17-,18-,19-,20-,21-,22-,23-,24-,25-,26-,27-,28-,29-,30-,31-,32-,33-,34-,35-,36-,37-,38-,39-,40-,41-,42-,43-,44-,45-,46-,47-/m1/s1. The lowest BCUT2D eigenvalue weighted by Crippen LogP contribution is -2.68. The molecular formula is C47H80N2O35. The van der Waals surface area contributed by atoms with Crippen molar-refractivity contribution in [2.45, 2.75) is 228 Å². The molecule has 1 amide bonds. The van der Waals surface area contributed by atoms with E-state index >= 15 is 0 Å². The molecule has 22 N–H and O–H groups in total. The van der Waals surface area contributed by atoms with Crippen LogP contribution < -0.4 is 10.6 Å². The Balaban J connectivity index is 1.09. The van der Waals surface area contributed by atoms with Gasteiger partial charge in [-0.05, 0) is 13.0 Å². The number of nitrogens with one attached hydrogen (secondary N) is 2. The van der Waals surface area contributed by atoms with Crippen molar-refractivity contribution in [1.82, 2.24) is 10.6 Å². The molecule has 0 aromatic rings. The van der Waals surface area contributed by atoms with Crippen LogP contribution in [0.4, 0.5) is 0 Å². The van der Waals surface area contributed by atoms with Gasteiger partial charge in [-0.15, -0.1) is 0 Å². The molecule has 0 aromatic carbocycles. The molecule has 35 atom stereocenters. The highest BCUT2D eigenvalue weighted by Gasteiger charge is 2.59. The second-order valence-corrected chi connectivity index (χ2v) is 21.5. The molecular weight excluding hydrogens is 1150 g/mol. The molecule has 21 aliphatic heterocycles. The number of carbonyl (C=O) groups excluding carboxylic acids is 1. The lowest BCUT2D eigenvalue weighted by Gasteiger charge is -2.50.